The molecule has 1 aliphatic rings. The van der Waals surface area contributed by atoms with E-state index in [4.69, 9.17) is 25.5 Å². The van der Waals surface area contributed by atoms with Crippen LogP contribution in [-0.4, -0.2) is 19.1 Å². The fourth-order valence-corrected chi connectivity index (χ4v) is 4.59. The number of benzene rings is 3. The number of amides is 1. The first-order valence-corrected chi connectivity index (χ1v) is 12.1. The van der Waals surface area contributed by atoms with Crippen molar-refractivity contribution in [3.05, 3.63) is 98.6 Å². The smallest absolute Gasteiger partial charge is 0.295 e. The van der Waals surface area contributed by atoms with Crippen molar-refractivity contribution in [3.63, 3.8) is 0 Å². The van der Waals surface area contributed by atoms with Crippen LogP contribution in [0.1, 0.15) is 48.0 Å². The molecule has 4 aromatic rings. The predicted molar refractivity (Wildman–Crippen MR) is 136 cm³/mol. The van der Waals surface area contributed by atoms with Crippen LogP contribution in [0.4, 0.5) is 10.1 Å². The minimum Gasteiger partial charge on any atom is -0.490 e. The Kier molecular flexibility index (Phi) is 6.41. The number of carbonyl (C=O) groups excluding carboxylic acids is 1. The van der Waals surface area contributed by atoms with Crippen molar-refractivity contribution in [3.8, 4) is 11.5 Å². The lowest BCUT2D eigenvalue weighted by atomic mass is 9.97. The van der Waals surface area contributed by atoms with Gasteiger partial charge in [-0.3, -0.25) is 14.5 Å². The van der Waals surface area contributed by atoms with Gasteiger partial charge in [0, 0.05) is 10.7 Å². The summed E-state index contributed by atoms with van der Waals surface area (Å²) in [6, 6.07) is 14.7. The molecule has 0 radical (unpaired) electrons. The van der Waals surface area contributed by atoms with Gasteiger partial charge in [0.05, 0.1) is 30.2 Å². The zero-order chi connectivity index (χ0) is 25.4. The normalized spacial score (nSPS) is 14.8. The average Bonchev–Trinajstić information content (AvgIpc) is 3.17. The molecule has 0 spiro atoms. The van der Waals surface area contributed by atoms with Gasteiger partial charge in [-0.15, -0.1) is 0 Å². The van der Waals surface area contributed by atoms with Gasteiger partial charge in [-0.25, -0.2) is 4.39 Å². The van der Waals surface area contributed by atoms with Crippen LogP contribution < -0.4 is 19.8 Å². The van der Waals surface area contributed by atoms with Crippen LogP contribution in [0.25, 0.3) is 11.0 Å². The summed E-state index contributed by atoms with van der Waals surface area (Å²) >= 11 is 6.15. The van der Waals surface area contributed by atoms with Gasteiger partial charge in [0.15, 0.2) is 16.9 Å². The van der Waals surface area contributed by atoms with Crippen LogP contribution >= 0.6 is 11.6 Å². The maximum absolute atomic E-state index is 13.7. The Morgan fingerprint density at radius 1 is 0.972 bits per heavy atom. The van der Waals surface area contributed by atoms with E-state index in [0.717, 1.165) is 6.42 Å². The van der Waals surface area contributed by atoms with E-state index in [1.54, 1.807) is 30.3 Å². The molecule has 36 heavy (non-hydrogen) atoms. The summed E-state index contributed by atoms with van der Waals surface area (Å²) in [7, 11) is 0. The average molecular weight is 508 g/mol. The maximum Gasteiger partial charge on any atom is 0.295 e. The van der Waals surface area contributed by atoms with Gasteiger partial charge >= 0.3 is 0 Å². The van der Waals surface area contributed by atoms with E-state index in [2.05, 4.69) is 0 Å². The lowest BCUT2D eigenvalue weighted by Gasteiger charge is -2.26. The predicted octanol–water partition coefficient (Wildman–Crippen LogP) is 6.52. The molecular weight excluding hydrogens is 485 g/mol. The molecule has 184 valence electrons. The van der Waals surface area contributed by atoms with Gasteiger partial charge in [-0.2, -0.15) is 0 Å². The van der Waals surface area contributed by atoms with Crippen molar-refractivity contribution in [1.82, 2.24) is 0 Å². The number of carbonyl (C=O) groups is 1. The first kappa shape index (κ1) is 23.9. The van der Waals surface area contributed by atoms with Crippen molar-refractivity contribution in [2.45, 2.75) is 26.3 Å². The van der Waals surface area contributed by atoms with E-state index in [1.165, 1.54) is 35.2 Å². The maximum atomic E-state index is 13.7. The van der Waals surface area contributed by atoms with Gasteiger partial charge < -0.3 is 13.9 Å². The number of fused-ring (bicyclic) bond motifs is 2. The van der Waals surface area contributed by atoms with Crippen LogP contribution in [0.5, 0.6) is 11.5 Å². The van der Waals surface area contributed by atoms with Crippen molar-refractivity contribution < 1.29 is 23.1 Å². The van der Waals surface area contributed by atoms with E-state index in [-0.39, 0.29) is 27.7 Å². The van der Waals surface area contributed by atoms with Crippen molar-refractivity contribution >= 4 is 34.2 Å². The Bertz CT molecular complexity index is 1520. The topological polar surface area (TPSA) is 69.0 Å². The second kappa shape index (κ2) is 9.66. The lowest BCUT2D eigenvalue weighted by Crippen LogP contribution is -2.29. The molecule has 0 saturated carbocycles. The number of rotatable bonds is 7. The number of hydrogen-bond donors (Lipinski definition) is 0. The molecule has 0 bridgehead atoms. The zero-order valence-electron chi connectivity index (χ0n) is 19.7. The Balaban J connectivity index is 1.75. The summed E-state index contributed by atoms with van der Waals surface area (Å²) in [4.78, 5) is 28.8. The minimum atomic E-state index is -0.836. The van der Waals surface area contributed by atoms with E-state index >= 15 is 0 Å². The molecule has 1 aromatic heterocycles. The summed E-state index contributed by atoms with van der Waals surface area (Å²) in [6.07, 6.45) is 0.826. The molecular formula is C28H23ClFNO5. The molecule has 1 atom stereocenters. The summed E-state index contributed by atoms with van der Waals surface area (Å²) in [5.74, 6) is 0.0626. The first-order chi connectivity index (χ1) is 17.4. The van der Waals surface area contributed by atoms with Gasteiger partial charge in [-0.1, -0.05) is 24.6 Å². The second-order valence-corrected chi connectivity index (χ2v) is 8.79. The third-order valence-electron chi connectivity index (χ3n) is 5.98. The fraction of sp³-hybridized carbons (Fsp3) is 0.214. The highest BCUT2D eigenvalue weighted by atomic mass is 35.5. The number of hydrogen-bond acceptors (Lipinski definition) is 5. The SMILES string of the molecule is CCCOc1ccc(C2c3c(oc4ccc(Cl)cc4c3=O)C(=O)N2c2ccc(F)cc2)cc1OCC. The number of ether oxygens (including phenoxy) is 2. The monoisotopic (exact) mass is 507 g/mol. The van der Waals surface area contributed by atoms with E-state index in [1.807, 2.05) is 13.8 Å². The van der Waals surface area contributed by atoms with Gasteiger partial charge in [-0.05, 0) is 73.5 Å². The molecule has 0 aliphatic carbocycles. The Labute approximate surface area is 211 Å². The van der Waals surface area contributed by atoms with Gasteiger partial charge in [0.25, 0.3) is 5.91 Å². The van der Waals surface area contributed by atoms with Crippen LogP contribution in [0, 0.1) is 5.82 Å². The molecule has 0 fully saturated rings. The third kappa shape index (κ3) is 4.09. The molecule has 0 N–H and O–H groups in total. The lowest BCUT2D eigenvalue weighted by molar-refractivity contribution is 0.0971. The second-order valence-electron chi connectivity index (χ2n) is 8.36. The molecule has 1 aliphatic heterocycles. The van der Waals surface area contributed by atoms with E-state index in [0.29, 0.717) is 41.0 Å². The van der Waals surface area contributed by atoms with Crippen molar-refractivity contribution in [1.29, 1.82) is 0 Å². The van der Waals surface area contributed by atoms with Crippen molar-refractivity contribution in [2.75, 3.05) is 18.1 Å². The Morgan fingerprint density at radius 2 is 1.75 bits per heavy atom. The highest BCUT2D eigenvalue weighted by molar-refractivity contribution is 6.31. The fourth-order valence-electron chi connectivity index (χ4n) is 4.42. The summed E-state index contributed by atoms with van der Waals surface area (Å²) in [6.45, 7) is 4.79. The number of halogens is 2. The van der Waals surface area contributed by atoms with E-state index in [9.17, 15) is 14.0 Å². The molecule has 3 aromatic carbocycles. The Hall–Kier alpha value is -3.84. The quantitative estimate of drug-likeness (QED) is 0.285. The minimum absolute atomic E-state index is 0.0617. The molecule has 6 nitrogen and oxygen atoms in total. The molecule has 0 saturated heterocycles. The van der Waals surface area contributed by atoms with Gasteiger partial charge in [0.2, 0.25) is 5.76 Å². The molecule has 2 heterocycles. The highest BCUT2D eigenvalue weighted by Crippen LogP contribution is 2.43. The van der Waals surface area contributed by atoms with Crippen LogP contribution in [0.15, 0.2) is 69.9 Å². The van der Waals surface area contributed by atoms with E-state index < -0.39 is 17.8 Å². The number of nitrogens with zero attached hydrogens (tertiary/aromatic N) is 1. The molecule has 1 unspecified atom stereocenters. The first-order valence-electron chi connectivity index (χ1n) is 11.7. The van der Waals surface area contributed by atoms with Crippen LogP contribution in [-0.2, 0) is 0 Å². The zero-order valence-corrected chi connectivity index (χ0v) is 20.5. The summed E-state index contributed by atoms with van der Waals surface area (Å²) < 4.78 is 31.3. The van der Waals surface area contributed by atoms with Crippen molar-refractivity contribution in [2.24, 2.45) is 0 Å². The van der Waals surface area contributed by atoms with Crippen LogP contribution in [0.2, 0.25) is 5.02 Å². The summed E-state index contributed by atoms with van der Waals surface area (Å²) in [5, 5.41) is 0.648. The third-order valence-corrected chi connectivity index (χ3v) is 6.22. The molecule has 5 rings (SSSR count). The molecule has 8 heteroatoms. The highest BCUT2D eigenvalue weighted by Gasteiger charge is 2.44. The Morgan fingerprint density at radius 3 is 2.47 bits per heavy atom. The van der Waals surface area contributed by atoms with Crippen LogP contribution in [0.3, 0.4) is 0 Å². The summed E-state index contributed by atoms with van der Waals surface area (Å²) in [5.41, 5.74) is 1.12. The standard InChI is InChI=1S/C28H23ClFNO5/c1-3-13-35-22-11-5-16(14-23(22)34-4-2)25-24-26(32)20-15-17(29)6-12-21(20)36-27(24)28(33)31(25)19-9-7-18(30)8-10-19/h5-12,14-15,25H,3-4,13H2,1-2H3. The largest absolute Gasteiger partial charge is 0.490 e. The number of anilines is 1. The van der Waals surface area contributed by atoms with Gasteiger partial charge in [0.1, 0.15) is 11.4 Å². The molecule has 1 amide bonds.